The summed E-state index contributed by atoms with van der Waals surface area (Å²) in [6.45, 7) is 4.25. The van der Waals surface area contributed by atoms with Crippen LogP contribution in [0.4, 0.5) is 22.0 Å². The molecule has 11 heteroatoms. The Morgan fingerprint density at radius 2 is 1.78 bits per heavy atom. The molecule has 36 heavy (non-hydrogen) atoms. The van der Waals surface area contributed by atoms with Gasteiger partial charge in [0.2, 0.25) is 0 Å². The van der Waals surface area contributed by atoms with E-state index in [1.165, 1.54) is 6.33 Å². The Hall–Kier alpha value is -3.70. The average molecular weight is 507 g/mol. The summed E-state index contributed by atoms with van der Waals surface area (Å²) in [7, 11) is 0. The molecule has 0 spiro atoms. The number of halogens is 1. The van der Waals surface area contributed by atoms with E-state index in [1.54, 1.807) is 18.2 Å². The maximum atomic E-state index is 12.5. The molecule has 0 bridgehead atoms. The number of nitrogens with zero attached hydrogens (tertiary/aromatic N) is 4. The summed E-state index contributed by atoms with van der Waals surface area (Å²) >= 11 is 6.18. The SMILES string of the molecule is NCc1ccc(NC(=O)Nc2ccc(-c3cc(CN4CCOCC4)n4ncnc(N)c34)cc2)cc1Cl. The topological polar surface area (TPSA) is 136 Å². The van der Waals surface area contributed by atoms with E-state index >= 15 is 0 Å². The number of nitrogen functional groups attached to an aromatic ring is 1. The number of aromatic nitrogens is 3. The molecule has 0 aliphatic carbocycles. The molecular weight excluding hydrogens is 480 g/mol. The third-order valence-corrected chi connectivity index (χ3v) is 6.48. The summed E-state index contributed by atoms with van der Waals surface area (Å²) in [6, 6.07) is 14.5. The molecule has 4 aromatic rings. The first kappa shape index (κ1) is 24.0. The largest absolute Gasteiger partial charge is 0.382 e. The molecule has 1 fully saturated rings. The number of morpholine rings is 1. The molecule has 10 nitrogen and oxygen atoms in total. The molecule has 3 heterocycles. The Kier molecular flexibility index (Phi) is 7.01. The number of nitrogens with two attached hydrogens (primary N) is 2. The lowest BCUT2D eigenvalue weighted by Gasteiger charge is -2.26. The van der Waals surface area contributed by atoms with Gasteiger partial charge in [-0.25, -0.2) is 14.3 Å². The second-order valence-electron chi connectivity index (χ2n) is 8.51. The molecule has 1 aliphatic heterocycles. The van der Waals surface area contributed by atoms with Crippen LogP contribution in [0.3, 0.4) is 0 Å². The molecule has 186 valence electrons. The fourth-order valence-electron chi connectivity index (χ4n) is 4.27. The van der Waals surface area contributed by atoms with Gasteiger partial charge in [-0.1, -0.05) is 29.8 Å². The second kappa shape index (κ2) is 10.5. The van der Waals surface area contributed by atoms with Gasteiger partial charge in [-0.05, 0) is 41.5 Å². The Labute approximate surface area is 213 Å². The van der Waals surface area contributed by atoms with Crippen LogP contribution in [0.5, 0.6) is 0 Å². The van der Waals surface area contributed by atoms with Crippen molar-refractivity contribution in [1.29, 1.82) is 0 Å². The minimum atomic E-state index is -0.376. The quantitative estimate of drug-likeness (QED) is 0.314. The van der Waals surface area contributed by atoms with Crippen LogP contribution in [0.1, 0.15) is 11.3 Å². The van der Waals surface area contributed by atoms with E-state index in [9.17, 15) is 4.79 Å². The van der Waals surface area contributed by atoms with Gasteiger partial charge in [-0.3, -0.25) is 4.90 Å². The van der Waals surface area contributed by atoms with Crippen molar-refractivity contribution in [2.24, 2.45) is 5.73 Å². The normalized spacial score (nSPS) is 14.2. The summed E-state index contributed by atoms with van der Waals surface area (Å²) in [5.41, 5.74) is 17.6. The minimum absolute atomic E-state index is 0.335. The van der Waals surface area contributed by atoms with Crippen molar-refractivity contribution >= 4 is 40.3 Å². The van der Waals surface area contributed by atoms with Gasteiger partial charge in [0.25, 0.3) is 0 Å². The third kappa shape index (κ3) is 5.12. The van der Waals surface area contributed by atoms with Crippen molar-refractivity contribution in [2.45, 2.75) is 13.1 Å². The molecule has 5 rings (SSSR count). The molecule has 1 aliphatic rings. The molecular formula is C25H27ClN8O2. The summed E-state index contributed by atoms with van der Waals surface area (Å²) in [5.74, 6) is 0.411. The first-order valence-corrected chi connectivity index (χ1v) is 12.0. The molecule has 0 saturated carbocycles. The van der Waals surface area contributed by atoms with Crippen LogP contribution in [0.15, 0.2) is 54.9 Å². The van der Waals surface area contributed by atoms with Crippen LogP contribution in [0, 0.1) is 0 Å². The first-order valence-electron chi connectivity index (χ1n) is 11.6. The number of hydrogen-bond donors (Lipinski definition) is 4. The molecule has 0 radical (unpaired) electrons. The van der Waals surface area contributed by atoms with Gasteiger partial charge in [0.1, 0.15) is 11.8 Å². The lowest BCUT2D eigenvalue weighted by atomic mass is 10.1. The Bertz CT molecular complexity index is 1380. The van der Waals surface area contributed by atoms with Gasteiger partial charge in [0.05, 0.1) is 18.9 Å². The minimum Gasteiger partial charge on any atom is -0.382 e. The van der Waals surface area contributed by atoms with Gasteiger partial charge in [0.15, 0.2) is 5.82 Å². The number of amides is 2. The summed E-state index contributed by atoms with van der Waals surface area (Å²) in [6.07, 6.45) is 1.47. The van der Waals surface area contributed by atoms with E-state index in [0.717, 1.165) is 60.7 Å². The predicted molar refractivity (Wildman–Crippen MR) is 141 cm³/mol. The average Bonchev–Trinajstić information content (AvgIpc) is 3.25. The van der Waals surface area contributed by atoms with Crippen molar-refractivity contribution in [3.63, 3.8) is 0 Å². The third-order valence-electron chi connectivity index (χ3n) is 6.13. The number of nitrogens with one attached hydrogen (secondary N) is 2. The standard InChI is InChI=1S/C25H27ClN8O2/c26-22-11-19(6-3-17(22)13-27)32-25(35)31-18-4-1-16(2-5-18)21-12-20(14-33-7-9-36-10-8-33)34-23(21)24(28)29-15-30-34/h1-6,11-12,15H,7-10,13-14,27H2,(H2,28,29,30)(H2,31,32,35). The summed E-state index contributed by atoms with van der Waals surface area (Å²) in [5, 5.41) is 10.6. The van der Waals surface area contributed by atoms with Crippen LogP contribution in [0.2, 0.25) is 5.02 Å². The summed E-state index contributed by atoms with van der Waals surface area (Å²) in [4.78, 5) is 19.0. The highest BCUT2D eigenvalue weighted by molar-refractivity contribution is 6.31. The van der Waals surface area contributed by atoms with Crippen LogP contribution in [-0.4, -0.2) is 51.8 Å². The fraction of sp³-hybridized carbons (Fsp3) is 0.240. The molecule has 2 aromatic carbocycles. The molecule has 2 aromatic heterocycles. The number of carbonyl (C=O) groups excluding carboxylic acids is 1. The number of ether oxygens (including phenoxy) is 1. The number of fused-ring (bicyclic) bond motifs is 1. The van der Waals surface area contributed by atoms with Crippen molar-refractivity contribution in [3.8, 4) is 11.1 Å². The number of benzene rings is 2. The highest BCUT2D eigenvalue weighted by atomic mass is 35.5. The van der Waals surface area contributed by atoms with Crippen LogP contribution in [0.25, 0.3) is 16.6 Å². The van der Waals surface area contributed by atoms with Gasteiger partial charge >= 0.3 is 6.03 Å². The number of rotatable bonds is 6. The zero-order valence-electron chi connectivity index (χ0n) is 19.6. The molecule has 2 amide bonds. The van der Waals surface area contributed by atoms with E-state index in [2.05, 4.69) is 31.7 Å². The van der Waals surface area contributed by atoms with Crippen molar-refractivity contribution in [1.82, 2.24) is 19.5 Å². The zero-order valence-corrected chi connectivity index (χ0v) is 20.3. The monoisotopic (exact) mass is 506 g/mol. The van der Waals surface area contributed by atoms with Gasteiger partial charge < -0.3 is 26.8 Å². The van der Waals surface area contributed by atoms with E-state index < -0.39 is 0 Å². The Balaban J connectivity index is 1.34. The Morgan fingerprint density at radius 3 is 2.50 bits per heavy atom. The molecule has 0 unspecified atom stereocenters. The molecule has 0 atom stereocenters. The smallest absolute Gasteiger partial charge is 0.323 e. The van der Waals surface area contributed by atoms with E-state index in [0.29, 0.717) is 28.8 Å². The number of hydrogen-bond acceptors (Lipinski definition) is 7. The predicted octanol–water partition coefficient (Wildman–Crippen LogP) is 3.57. The van der Waals surface area contributed by atoms with Crippen molar-refractivity contribution in [2.75, 3.05) is 42.7 Å². The van der Waals surface area contributed by atoms with Gasteiger partial charge in [0, 0.05) is 48.1 Å². The highest BCUT2D eigenvalue weighted by Crippen LogP contribution is 2.31. The maximum Gasteiger partial charge on any atom is 0.323 e. The van der Waals surface area contributed by atoms with Crippen LogP contribution < -0.4 is 22.1 Å². The number of urea groups is 1. The van der Waals surface area contributed by atoms with Gasteiger partial charge in [-0.15, -0.1) is 0 Å². The van der Waals surface area contributed by atoms with Crippen LogP contribution >= 0.6 is 11.6 Å². The van der Waals surface area contributed by atoms with E-state index in [-0.39, 0.29) is 6.03 Å². The zero-order chi connectivity index (χ0) is 25.1. The first-order chi connectivity index (χ1) is 17.5. The molecule has 1 saturated heterocycles. The summed E-state index contributed by atoms with van der Waals surface area (Å²) < 4.78 is 7.32. The lowest BCUT2D eigenvalue weighted by molar-refractivity contribution is 0.0334. The second-order valence-corrected chi connectivity index (χ2v) is 8.92. The highest BCUT2D eigenvalue weighted by Gasteiger charge is 2.19. The Morgan fingerprint density at radius 1 is 1.06 bits per heavy atom. The van der Waals surface area contributed by atoms with E-state index in [4.69, 9.17) is 27.8 Å². The van der Waals surface area contributed by atoms with Crippen LogP contribution in [-0.2, 0) is 17.8 Å². The van der Waals surface area contributed by atoms with E-state index in [1.807, 2.05) is 28.8 Å². The fourth-order valence-corrected chi connectivity index (χ4v) is 4.53. The number of anilines is 3. The van der Waals surface area contributed by atoms with Gasteiger partial charge in [-0.2, -0.15) is 5.10 Å². The lowest BCUT2D eigenvalue weighted by Crippen LogP contribution is -2.36. The number of carbonyl (C=O) groups is 1. The van der Waals surface area contributed by atoms with Crippen molar-refractivity contribution < 1.29 is 9.53 Å². The molecule has 6 N–H and O–H groups in total. The maximum absolute atomic E-state index is 12.5. The van der Waals surface area contributed by atoms with Crippen molar-refractivity contribution in [3.05, 3.63) is 71.1 Å².